The van der Waals surface area contributed by atoms with Gasteiger partial charge in [0.1, 0.15) is 5.92 Å². The first-order valence-electron chi connectivity index (χ1n) is 4.45. The lowest BCUT2D eigenvalue weighted by atomic mass is 10.1. The van der Waals surface area contributed by atoms with Crippen LogP contribution in [0.1, 0.15) is 13.8 Å². The van der Waals surface area contributed by atoms with Gasteiger partial charge in [-0.3, -0.25) is 4.79 Å². The Bertz CT molecular complexity index is 234. The fourth-order valence-corrected chi connectivity index (χ4v) is 1.35. The van der Waals surface area contributed by atoms with Crippen LogP contribution in [0.2, 0.25) is 0 Å². The Morgan fingerprint density at radius 2 is 2.46 bits per heavy atom. The third kappa shape index (κ3) is 2.43. The summed E-state index contributed by atoms with van der Waals surface area (Å²) in [5.74, 6) is -0.622. The Hall–Kier alpha value is -1.08. The van der Waals surface area contributed by atoms with Crippen molar-refractivity contribution in [2.24, 2.45) is 5.92 Å². The van der Waals surface area contributed by atoms with Crippen LogP contribution >= 0.6 is 0 Å². The van der Waals surface area contributed by atoms with Crippen molar-refractivity contribution >= 4 is 5.91 Å². The molecule has 0 spiro atoms. The minimum absolute atomic E-state index is 0.0855. The van der Waals surface area contributed by atoms with Crippen molar-refractivity contribution in [1.29, 1.82) is 5.26 Å². The molecule has 13 heavy (non-hydrogen) atoms. The van der Waals surface area contributed by atoms with Gasteiger partial charge in [0, 0.05) is 13.1 Å². The molecule has 1 fully saturated rings. The maximum absolute atomic E-state index is 11.5. The first kappa shape index (κ1) is 10.0. The number of morpholine rings is 1. The summed E-state index contributed by atoms with van der Waals surface area (Å²) in [6.07, 6.45) is 0.0867. The van der Waals surface area contributed by atoms with Crippen LogP contribution in [0, 0.1) is 17.2 Å². The molecule has 0 aliphatic carbocycles. The average Bonchev–Trinajstić information content (AvgIpc) is 2.15. The minimum atomic E-state index is -0.537. The maximum atomic E-state index is 11.5. The third-order valence-electron chi connectivity index (χ3n) is 2.12. The molecule has 1 saturated heterocycles. The van der Waals surface area contributed by atoms with E-state index in [0.717, 1.165) is 0 Å². The van der Waals surface area contributed by atoms with Crippen LogP contribution in [0.25, 0.3) is 0 Å². The number of nitrogens with zero attached hydrogens (tertiary/aromatic N) is 2. The highest BCUT2D eigenvalue weighted by Crippen LogP contribution is 2.08. The van der Waals surface area contributed by atoms with Gasteiger partial charge in [0.25, 0.3) is 0 Å². The van der Waals surface area contributed by atoms with Crippen LogP contribution in [0.15, 0.2) is 0 Å². The molecule has 0 radical (unpaired) electrons. The summed E-state index contributed by atoms with van der Waals surface area (Å²) in [7, 11) is 0. The van der Waals surface area contributed by atoms with E-state index < -0.39 is 5.92 Å². The number of hydrogen-bond donors (Lipinski definition) is 0. The highest BCUT2D eigenvalue weighted by atomic mass is 16.5. The van der Waals surface area contributed by atoms with Crippen LogP contribution in [0.4, 0.5) is 0 Å². The molecule has 1 amide bonds. The monoisotopic (exact) mass is 182 g/mol. The second-order valence-corrected chi connectivity index (χ2v) is 3.32. The van der Waals surface area contributed by atoms with Crippen molar-refractivity contribution in [2.75, 3.05) is 19.7 Å². The van der Waals surface area contributed by atoms with E-state index in [4.69, 9.17) is 10.00 Å². The summed E-state index contributed by atoms with van der Waals surface area (Å²) >= 11 is 0. The summed E-state index contributed by atoms with van der Waals surface area (Å²) in [5, 5.41) is 8.57. The summed E-state index contributed by atoms with van der Waals surface area (Å²) in [4.78, 5) is 13.2. The fourth-order valence-electron chi connectivity index (χ4n) is 1.35. The number of carbonyl (C=O) groups is 1. The topological polar surface area (TPSA) is 53.3 Å². The Morgan fingerprint density at radius 1 is 1.77 bits per heavy atom. The lowest BCUT2D eigenvalue weighted by molar-refractivity contribution is -0.140. The molecular formula is C9H14N2O2. The third-order valence-corrected chi connectivity index (χ3v) is 2.12. The summed E-state index contributed by atoms with van der Waals surface area (Å²) < 4.78 is 5.29. The lowest BCUT2D eigenvalue weighted by Gasteiger charge is -2.31. The van der Waals surface area contributed by atoms with E-state index >= 15 is 0 Å². The molecule has 0 bridgehead atoms. The van der Waals surface area contributed by atoms with E-state index in [2.05, 4.69) is 0 Å². The van der Waals surface area contributed by atoms with Gasteiger partial charge in [0.05, 0.1) is 18.8 Å². The molecule has 0 aromatic heterocycles. The van der Waals surface area contributed by atoms with Crippen LogP contribution in [0.5, 0.6) is 0 Å². The molecule has 1 aliphatic heterocycles. The van der Waals surface area contributed by atoms with E-state index in [1.165, 1.54) is 0 Å². The van der Waals surface area contributed by atoms with E-state index in [9.17, 15) is 4.79 Å². The molecule has 1 heterocycles. The van der Waals surface area contributed by atoms with Gasteiger partial charge in [-0.2, -0.15) is 5.26 Å². The summed E-state index contributed by atoms with van der Waals surface area (Å²) in [6.45, 7) is 5.34. The van der Waals surface area contributed by atoms with E-state index in [1.807, 2.05) is 13.0 Å². The molecule has 72 valence electrons. The highest BCUT2D eigenvalue weighted by Gasteiger charge is 2.24. The van der Waals surface area contributed by atoms with Crippen LogP contribution in [-0.4, -0.2) is 36.6 Å². The Balaban J connectivity index is 2.52. The van der Waals surface area contributed by atoms with E-state index in [1.54, 1.807) is 11.8 Å². The number of carbonyl (C=O) groups excluding carboxylic acids is 1. The van der Waals surface area contributed by atoms with E-state index in [-0.39, 0.29) is 12.0 Å². The molecule has 1 aliphatic rings. The maximum Gasteiger partial charge on any atom is 0.239 e. The van der Waals surface area contributed by atoms with Gasteiger partial charge in [-0.05, 0) is 13.8 Å². The molecule has 2 unspecified atom stereocenters. The average molecular weight is 182 g/mol. The molecule has 4 nitrogen and oxygen atoms in total. The second-order valence-electron chi connectivity index (χ2n) is 3.32. The second kappa shape index (κ2) is 4.24. The van der Waals surface area contributed by atoms with Crippen molar-refractivity contribution in [2.45, 2.75) is 20.0 Å². The molecule has 4 heteroatoms. The zero-order valence-corrected chi connectivity index (χ0v) is 7.99. The van der Waals surface area contributed by atoms with Gasteiger partial charge in [0.2, 0.25) is 5.91 Å². The van der Waals surface area contributed by atoms with Gasteiger partial charge in [-0.1, -0.05) is 0 Å². The Morgan fingerprint density at radius 3 is 3.00 bits per heavy atom. The lowest BCUT2D eigenvalue weighted by Crippen LogP contribution is -2.46. The van der Waals surface area contributed by atoms with Crippen molar-refractivity contribution in [3.8, 4) is 6.07 Å². The van der Waals surface area contributed by atoms with E-state index in [0.29, 0.717) is 19.7 Å². The predicted molar refractivity (Wildman–Crippen MR) is 46.8 cm³/mol. The van der Waals surface area contributed by atoms with Crippen molar-refractivity contribution in [1.82, 2.24) is 4.90 Å². The van der Waals surface area contributed by atoms with Crippen LogP contribution < -0.4 is 0 Å². The minimum Gasteiger partial charge on any atom is -0.375 e. The quantitative estimate of drug-likeness (QED) is 0.589. The molecule has 0 saturated carbocycles. The van der Waals surface area contributed by atoms with Gasteiger partial charge in [-0.25, -0.2) is 0 Å². The molecule has 1 rings (SSSR count). The van der Waals surface area contributed by atoms with Gasteiger partial charge >= 0.3 is 0 Å². The molecule has 2 atom stereocenters. The van der Waals surface area contributed by atoms with Crippen LogP contribution in [-0.2, 0) is 9.53 Å². The molecule has 0 aromatic carbocycles. The number of amides is 1. The smallest absolute Gasteiger partial charge is 0.239 e. The summed E-state index contributed by atoms with van der Waals surface area (Å²) in [6, 6.07) is 1.94. The van der Waals surface area contributed by atoms with Crippen LogP contribution in [0.3, 0.4) is 0 Å². The van der Waals surface area contributed by atoms with Gasteiger partial charge in [0.15, 0.2) is 0 Å². The Kier molecular flexibility index (Phi) is 3.26. The SMILES string of the molecule is CC1CN(C(=O)C(C)C#N)CCO1. The van der Waals surface area contributed by atoms with Crippen molar-refractivity contribution in [3.05, 3.63) is 0 Å². The zero-order valence-electron chi connectivity index (χ0n) is 7.99. The predicted octanol–water partition coefficient (Wildman–Crippen LogP) is 0.393. The number of hydrogen-bond acceptors (Lipinski definition) is 3. The van der Waals surface area contributed by atoms with Crippen molar-refractivity contribution in [3.63, 3.8) is 0 Å². The standard InChI is InChI=1S/C9H14N2O2/c1-7(5-10)9(12)11-3-4-13-8(2)6-11/h7-8H,3-4,6H2,1-2H3. The zero-order chi connectivity index (χ0) is 9.84. The number of rotatable bonds is 1. The summed E-state index contributed by atoms with van der Waals surface area (Å²) in [5.41, 5.74) is 0. The first-order valence-corrected chi connectivity index (χ1v) is 4.45. The molecular weight excluding hydrogens is 168 g/mol. The molecule has 0 N–H and O–H groups in total. The number of nitriles is 1. The molecule has 0 aromatic rings. The van der Waals surface area contributed by atoms with Gasteiger partial charge in [-0.15, -0.1) is 0 Å². The highest BCUT2D eigenvalue weighted by molar-refractivity contribution is 5.80. The van der Waals surface area contributed by atoms with Gasteiger partial charge < -0.3 is 9.64 Å². The first-order chi connectivity index (χ1) is 6.15. The number of ether oxygens (including phenoxy) is 1. The Labute approximate surface area is 78.1 Å². The largest absolute Gasteiger partial charge is 0.375 e. The van der Waals surface area contributed by atoms with Crippen molar-refractivity contribution < 1.29 is 9.53 Å². The fraction of sp³-hybridized carbons (Fsp3) is 0.778. The normalized spacial score (nSPS) is 25.0.